The fourth-order valence-corrected chi connectivity index (χ4v) is 4.28. The highest BCUT2D eigenvalue weighted by atomic mass is 16.5. The van der Waals surface area contributed by atoms with Gasteiger partial charge in [-0.15, -0.1) is 0 Å². The number of carboxylic acids is 1. The Balaban J connectivity index is 1.94. The Morgan fingerprint density at radius 3 is 2.00 bits per heavy atom. The second kappa shape index (κ2) is 9.35. The molecule has 0 aliphatic carbocycles. The molecule has 8 heteroatoms. The lowest BCUT2D eigenvalue weighted by Gasteiger charge is -2.38. The third-order valence-corrected chi connectivity index (χ3v) is 5.91. The molecule has 176 valence electrons. The number of hydrogen-bond donors (Lipinski definition) is 0. The van der Waals surface area contributed by atoms with Crippen LogP contribution in [-0.4, -0.2) is 40.3 Å². The van der Waals surface area contributed by atoms with E-state index in [-0.39, 0.29) is 17.9 Å². The summed E-state index contributed by atoms with van der Waals surface area (Å²) in [5, 5.41) is 11.2. The summed E-state index contributed by atoms with van der Waals surface area (Å²) < 4.78 is 21.9. The van der Waals surface area contributed by atoms with Gasteiger partial charge in [0, 0.05) is 5.69 Å². The van der Waals surface area contributed by atoms with Crippen molar-refractivity contribution < 1.29 is 33.6 Å². The fraction of sp³-hybridized carbons (Fsp3) is 0.231. The van der Waals surface area contributed by atoms with Crippen LogP contribution >= 0.6 is 0 Å². The van der Waals surface area contributed by atoms with E-state index in [0.717, 1.165) is 16.7 Å². The van der Waals surface area contributed by atoms with E-state index >= 15 is 0 Å². The monoisotopic (exact) mass is 462 g/mol. The summed E-state index contributed by atoms with van der Waals surface area (Å²) in [6.45, 7) is 0. The summed E-state index contributed by atoms with van der Waals surface area (Å²) in [7, 11) is 6.21. The lowest BCUT2D eigenvalue weighted by atomic mass is 9.86. The van der Waals surface area contributed by atoms with Gasteiger partial charge in [0.05, 0.1) is 46.9 Å². The SMILES string of the molecule is COc1ccc([C@H]2c3cc(OC)c(OC)cc3CC(=O)N2c2ccc(C(=O)[O-])cc2)cc1OC. The molecule has 0 fully saturated rings. The highest BCUT2D eigenvalue weighted by Crippen LogP contribution is 2.44. The minimum absolute atomic E-state index is 0.0303. The fourth-order valence-electron chi connectivity index (χ4n) is 4.28. The zero-order chi connectivity index (χ0) is 24.4. The van der Waals surface area contributed by atoms with Crippen molar-refractivity contribution in [3.63, 3.8) is 0 Å². The number of carboxylic acid groups (broad SMARTS) is 1. The van der Waals surface area contributed by atoms with E-state index in [1.54, 1.807) is 51.5 Å². The minimum Gasteiger partial charge on any atom is -0.545 e. The summed E-state index contributed by atoms with van der Waals surface area (Å²) in [5.74, 6) is 0.717. The first-order chi connectivity index (χ1) is 16.4. The van der Waals surface area contributed by atoms with Crippen LogP contribution in [-0.2, 0) is 11.2 Å². The van der Waals surface area contributed by atoms with Crippen LogP contribution in [0.5, 0.6) is 23.0 Å². The van der Waals surface area contributed by atoms with Gasteiger partial charge in [-0.3, -0.25) is 4.79 Å². The number of anilines is 1. The van der Waals surface area contributed by atoms with E-state index in [1.165, 1.54) is 12.1 Å². The number of carbonyl (C=O) groups is 2. The molecule has 3 aromatic carbocycles. The molecule has 0 aromatic heterocycles. The van der Waals surface area contributed by atoms with Crippen LogP contribution in [0.15, 0.2) is 54.6 Å². The van der Waals surface area contributed by atoms with Crippen molar-refractivity contribution in [2.24, 2.45) is 0 Å². The second-order valence-corrected chi connectivity index (χ2v) is 7.70. The average Bonchev–Trinajstić information content (AvgIpc) is 2.86. The van der Waals surface area contributed by atoms with Gasteiger partial charge in [0.2, 0.25) is 5.91 Å². The molecule has 1 atom stereocenters. The van der Waals surface area contributed by atoms with Crippen LogP contribution in [0.3, 0.4) is 0 Å². The number of benzene rings is 3. The number of ether oxygens (including phenoxy) is 4. The van der Waals surface area contributed by atoms with E-state index in [1.807, 2.05) is 24.3 Å². The number of fused-ring (bicyclic) bond motifs is 1. The number of carbonyl (C=O) groups excluding carboxylic acids is 2. The Hall–Kier alpha value is -4.20. The molecule has 0 bridgehead atoms. The van der Waals surface area contributed by atoms with Crippen molar-refractivity contribution in [3.05, 3.63) is 76.9 Å². The highest BCUT2D eigenvalue weighted by Gasteiger charge is 2.36. The van der Waals surface area contributed by atoms with Crippen molar-refractivity contribution in [3.8, 4) is 23.0 Å². The largest absolute Gasteiger partial charge is 0.545 e. The van der Waals surface area contributed by atoms with E-state index in [4.69, 9.17) is 18.9 Å². The van der Waals surface area contributed by atoms with Gasteiger partial charge in [0.1, 0.15) is 0 Å². The molecule has 3 aromatic rings. The quantitative estimate of drug-likeness (QED) is 0.533. The normalized spacial score (nSPS) is 14.9. The average molecular weight is 462 g/mol. The molecule has 0 spiro atoms. The molecule has 8 nitrogen and oxygen atoms in total. The summed E-state index contributed by atoms with van der Waals surface area (Å²) in [6.07, 6.45) is 0.141. The van der Waals surface area contributed by atoms with Crippen LogP contribution in [0, 0.1) is 0 Å². The van der Waals surface area contributed by atoms with Crippen molar-refractivity contribution >= 4 is 17.6 Å². The highest BCUT2D eigenvalue weighted by molar-refractivity contribution is 5.99. The Bertz CT molecular complexity index is 1240. The first-order valence-electron chi connectivity index (χ1n) is 10.5. The molecule has 1 aliphatic rings. The smallest absolute Gasteiger partial charge is 0.232 e. The zero-order valence-electron chi connectivity index (χ0n) is 19.3. The summed E-state index contributed by atoms with van der Waals surface area (Å²) in [6, 6.07) is 14.7. The third kappa shape index (κ3) is 3.98. The maximum Gasteiger partial charge on any atom is 0.232 e. The van der Waals surface area contributed by atoms with Crippen molar-refractivity contribution in [1.29, 1.82) is 0 Å². The Kier molecular flexibility index (Phi) is 6.32. The Morgan fingerprint density at radius 2 is 1.41 bits per heavy atom. The van der Waals surface area contributed by atoms with Crippen molar-refractivity contribution in [2.45, 2.75) is 12.5 Å². The van der Waals surface area contributed by atoms with Gasteiger partial charge < -0.3 is 33.7 Å². The second-order valence-electron chi connectivity index (χ2n) is 7.70. The van der Waals surface area contributed by atoms with Gasteiger partial charge in [-0.1, -0.05) is 18.2 Å². The van der Waals surface area contributed by atoms with E-state index in [9.17, 15) is 14.7 Å². The van der Waals surface area contributed by atoms with E-state index in [0.29, 0.717) is 28.7 Å². The molecule has 1 aliphatic heterocycles. The standard InChI is InChI=1S/C26H25NO7/c1-31-20-10-7-16(11-21(20)32-2)25-19-14-23(34-4)22(33-3)12-17(19)13-24(28)27(25)18-8-5-15(6-9-18)26(29)30/h5-12,14,25H,13H2,1-4H3,(H,29,30)/p-1/t25-/m0/s1. The molecule has 0 N–H and O–H groups in total. The van der Waals surface area contributed by atoms with Gasteiger partial charge in [0.25, 0.3) is 0 Å². The first-order valence-corrected chi connectivity index (χ1v) is 10.5. The molecule has 0 unspecified atom stereocenters. The summed E-state index contributed by atoms with van der Waals surface area (Å²) >= 11 is 0. The van der Waals surface area contributed by atoms with Gasteiger partial charge in [-0.25, -0.2) is 0 Å². The van der Waals surface area contributed by atoms with E-state index in [2.05, 4.69) is 0 Å². The molecular weight excluding hydrogens is 438 g/mol. The molecule has 34 heavy (non-hydrogen) atoms. The van der Waals surface area contributed by atoms with Crippen molar-refractivity contribution in [2.75, 3.05) is 33.3 Å². The van der Waals surface area contributed by atoms with Gasteiger partial charge in [0.15, 0.2) is 23.0 Å². The van der Waals surface area contributed by atoms with Gasteiger partial charge in [-0.05, 0) is 58.7 Å². The predicted octanol–water partition coefficient (Wildman–Crippen LogP) is 2.76. The van der Waals surface area contributed by atoms with Crippen molar-refractivity contribution in [1.82, 2.24) is 0 Å². The number of rotatable bonds is 7. The molecule has 1 heterocycles. The topological polar surface area (TPSA) is 97.4 Å². The number of hydrogen-bond acceptors (Lipinski definition) is 7. The Morgan fingerprint density at radius 1 is 0.824 bits per heavy atom. The predicted molar refractivity (Wildman–Crippen MR) is 123 cm³/mol. The number of amides is 1. The van der Waals surface area contributed by atoms with E-state index < -0.39 is 12.0 Å². The van der Waals surface area contributed by atoms with Gasteiger partial charge in [-0.2, -0.15) is 0 Å². The third-order valence-electron chi connectivity index (χ3n) is 5.91. The van der Waals surface area contributed by atoms with Crippen LogP contribution in [0.2, 0.25) is 0 Å². The lowest BCUT2D eigenvalue weighted by molar-refractivity contribution is -0.255. The minimum atomic E-state index is -1.28. The first kappa shape index (κ1) is 23.0. The van der Waals surface area contributed by atoms with Gasteiger partial charge >= 0.3 is 0 Å². The lowest BCUT2D eigenvalue weighted by Crippen LogP contribution is -2.41. The molecule has 4 rings (SSSR count). The van der Waals surface area contributed by atoms with Crippen LogP contribution in [0.25, 0.3) is 0 Å². The molecular formula is C26H24NO7-. The summed E-state index contributed by atoms with van der Waals surface area (Å²) in [5.41, 5.74) is 3.03. The van der Waals surface area contributed by atoms with Crippen LogP contribution in [0.4, 0.5) is 5.69 Å². The molecule has 0 saturated heterocycles. The number of methoxy groups -OCH3 is 4. The van der Waals surface area contributed by atoms with Crippen LogP contribution in [0.1, 0.15) is 33.1 Å². The van der Waals surface area contributed by atoms with Crippen LogP contribution < -0.4 is 29.0 Å². The maximum absolute atomic E-state index is 13.5. The maximum atomic E-state index is 13.5. The summed E-state index contributed by atoms with van der Waals surface area (Å²) in [4.78, 5) is 26.3. The number of nitrogens with zero attached hydrogens (tertiary/aromatic N) is 1. The Labute approximate surface area is 197 Å². The zero-order valence-corrected chi connectivity index (χ0v) is 19.3. The molecule has 0 saturated carbocycles. The molecule has 1 amide bonds. The number of aromatic carboxylic acids is 1. The molecule has 0 radical (unpaired) electrons.